The normalized spacial score (nSPS) is 11.2. The highest BCUT2D eigenvalue weighted by Crippen LogP contribution is 2.18. The summed E-state index contributed by atoms with van der Waals surface area (Å²) < 4.78 is 17.3. The fraction of sp³-hybridized carbons (Fsp3) is 0.389. The van der Waals surface area contributed by atoms with Crippen molar-refractivity contribution in [3.8, 4) is 0 Å². The van der Waals surface area contributed by atoms with Crippen molar-refractivity contribution < 1.29 is 9.18 Å². The van der Waals surface area contributed by atoms with Crippen molar-refractivity contribution >= 4 is 16.9 Å². The Hall–Kier alpha value is -2.70. The first-order valence-electron chi connectivity index (χ1n) is 8.49. The lowest BCUT2D eigenvalue weighted by Crippen LogP contribution is -2.26. The number of benzene rings is 1. The Balaban J connectivity index is 1.53. The summed E-state index contributed by atoms with van der Waals surface area (Å²) in [6, 6.07) is 6.61. The Bertz CT molecular complexity index is 883. The number of halogens is 1. The number of aryl methyl sites for hydroxylation is 3. The maximum Gasteiger partial charge on any atom is 0.221 e. The summed E-state index contributed by atoms with van der Waals surface area (Å²) >= 11 is 0. The van der Waals surface area contributed by atoms with E-state index >= 15 is 0 Å². The summed E-state index contributed by atoms with van der Waals surface area (Å²) in [5.74, 6) is -0.306. The minimum absolute atomic E-state index is 0.0690. The highest BCUT2D eigenvalue weighted by Gasteiger charge is 2.13. The van der Waals surface area contributed by atoms with Crippen LogP contribution >= 0.6 is 0 Å². The van der Waals surface area contributed by atoms with E-state index in [4.69, 9.17) is 0 Å². The zero-order valence-corrected chi connectivity index (χ0v) is 14.5. The molecular formula is C18H22FN5O. The molecule has 0 atom stereocenters. The average Bonchev–Trinajstić information content (AvgIpc) is 3.16. The number of hydrogen-bond acceptors (Lipinski definition) is 3. The summed E-state index contributed by atoms with van der Waals surface area (Å²) in [7, 11) is 0. The third-order valence-corrected chi connectivity index (χ3v) is 4.24. The Morgan fingerprint density at radius 3 is 2.84 bits per heavy atom. The number of rotatable bonds is 7. The molecule has 3 rings (SSSR count). The lowest BCUT2D eigenvalue weighted by molar-refractivity contribution is -0.121. The molecule has 0 saturated heterocycles. The number of nitrogens with one attached hydrogen (secondary N) is 1. The van der Waals surface area contributed by atoms with E-state index < -0.39 is 0 Å². The second-order valence-corrected chi connectivity index (χ2v) is 5.94. The fourth-order valence-electron chi connectivity index (χ4n) is 2.96. The SMILES string of the molecule is CCn1nc(C)c2c1cnn2CCC(=O)NCCc1ccccc1F. The standard InChI is InChI=1S/C18H22FN5O/c1-3-23-16-12-21-24(18(16)13(2)22-23)11-9-17(25)20-10-8-14-6-4-5-7-15(14)19/h4-7,12H,3,8-11H2,1-2H3,(H,20,25). The molecule has 0 fully saturated rings. The van der Waals surface area contributed by atoms with Gasteiger partial charge >= 0.3 is 0 Å². The molecule has 1 N–H and O–H groups in total. The molecule has 0 aliphatic heterocycles. The summed E-state index contributed by atoms with van der Waals surface area (Å²) in [6.45, 7) is 5.67. The van der Waals surface area contributed by atoms with Crippen molar-refractivity contribution in [3.05, 3.63) is 47.5 Å². The summed E-state index contributed by atoms with van der Waals surface area (Å²) in [5, 5.41) is 11.7. The van der Waals surface area contributed by atoms with Gasteiger partial charge in [-0.1, -0.05) is 18.2 Å². The Morgan fingerprint density at radius 1 is 1.28 bits per heavy atom. The molecule has 6 nitrogen and oxygen atoms in total. The average molecular weight is 343 g/mol. The van der Waals surface area contributed by atoms with Crippen LogP contribution in [0.15, 0.2) is 30.5 Å². The van der Waals surface area contributed by atoms with Crippen LogP contribution in [0.3, 0.4) is 0 Å². The third kappa shape index (κ3) is 3.70. The van der Waals surface area contributed by atoms with Crippen LogP contribution in [0, 0.1) is 12.7 Å². The maximum atomic E-state index is 13.5. The Labute approximate surface area is 145 Å². The van der Waals surface area contributed by atoms with Crippen LogP contribution in [0.4, 0.5) is 4.39 Å². The van der Waals surface area contributed by atoms with Crippen LogP contribution < -0.4 is 5.32 Å². The van der Waals surface area contributed by atoms with Gasteiger partial charge in [0, 0.05) is 19.5 Å². The lowest BCUT2D eigenvalue weighted by Gasteiger charge is -2.07. The van der Waals surface area contributed by atoms with Crippen molar-refractivity contribution in [3.63, 3.8) is 0 Å². The van der Waals surface area contributed by atoms with Crippen molar-refractivity contribution in [2.75, 3.05) is 6.54 Å². The van der Waals surface area contributed by atoms with Gasteiger partial charge in [0.15, 0.2) is 0 Å². The van der Waals surface area contributed by atoms with Gasteiger partial charge in [0.1, 0.15) is 16.9 Å². The zero-order chi connectivity index (χ0) is 17.8. The highest BCUT2D eigenvalue weighted by molar-refractivity contribution is 5.78. The number of amides is 1. The number of nitrogens with zero attached hydrogens (tertiary/aromatic N) is 4. The smallest absolute Gasteiger partial charge is 0.221 e. The monoisotopic (exact) mass is 343 g/mol. The fourth-order valence-corrected chi connectivity index (χ4v) is 2.96. The van der Waals surface area contributed by atoms with E-state index in [-0.39, 0.29) is 11.7 Å². The van der Waals surface area contributed by atoms with Gasteiger partial charge in [-0.25, -0.2) is 4.39 Å². The molecule has 1 aromatic carbocycles. The molecule has 3 aromatic rings. The second kappa shape index (κ2) is 7.46. The van der Waals surface area contributed by atoms with Crippen molar-refractivity contribution in [2.24, 2.45) is 0 Å². The molecule has 0 aliphatic rings. The van der Waals surface area contributed by atoms with Crippen LogP contribution in [0.5, 0.6) is 0 Å². The molecule has 0 unspecified atom stereocenters. The van der Waals surface area contributed by atoms with Crippen molar-refractivity contribution in [1.29, 1.82) is 0 Å². The summed E-state index contributed by atoms with van der Waals surface area (Å²) in [4.78, 5) is 12.0. The first-order valence-corrected chi connectivity index (χ1v) is 8.49. The quantitative estimate of drug-likeness (QED) is 0.717. The topological polar surface area (TPSA) is 64.7 Å². The first kappa shape index (κ1) is 17.1. The van der Waals surface area contributed by atoms with E-state index in [0.717, 1.165) is 23.3 Å². The van der Waals surface area contributed by atoms with E-state index in [1.54, 1.807) is 24.4 Å². The van der Waals surface area contributed by atoms with Crippen LogP contribution in [-0.2, 0) is 24.3 Å². The molecule has 0 spiro atoms. The van der Waals surface area contributed by atoms with Crippen molar-refractivity contribution in [1.82, 2.24) is 24.9 Å². The molecule has 7 heteroatoms. The second-order valence-electron chi connectivity index (χ2n) is 5.94. The predicted octanol–water partition coefficient (Wildman–Crippen LogP) is 2.45. The number of carbonyl (C=O) groups is 1. The minimum Gasteiger partial charge on any atom is -0.356 e. The summed E-state index contributed by atoms with van der Waals surface area (Å²) in [5.41, 5.74) is 3.48. The molecule has 132 valence electrons. The zero-order valence-electron chi connectivity index (χ0n) is 14.5. The van der Waals surface area contributed by atoms with Gasteiger partial charge in [-0.05, 0) is 31.9 Å². The van der Waals surface area contributed by atoms with Gasteiger partial charge in [-0.3, -0.25) is 14.2 Å². The van der Waals surface area contributed by atoms with Gasteiger partial charge in [-0.15, -0.1) is 0 Å². The number of aromatic nitrogens is 4. The van der Waals surface area contributed by atoms with Gasteiger partial charge in [0.25, 0.3) is 0 Å². The number of hydrogen-bond donors (Lipinski definition) is 1. The van der Waals surface area contributed by atoms with E-state index in [2.05, 4.69) is 15.5 Å². The molecule has 0 saturated carbocycles. The van der Waals surface area contributed by atoms with Gasteiger partial charge in [-0.2, -0.15) is 10.2 Å². The minimum atomic E-state index is -0.237. The van der Waals surface area contributed by atoms with Crippen LogP contribution in [0.1, 0.15) is 24.6 Å². The summed E-state index contributed by atoms with van der Waals surface area (Å²) in [6.07, 6.45) is 2.59. The number of fused-ring (bicyclic) bond motifs is 1. The molecule has 2 heterocycles. The van der Waals surface area contributed by atoms with Crippen LogP contribution in [0.25, 0.3) is 11.0 Å². The Kier molecular flexibility index (Phi) is 5.11. The van der Waals surface area contributed by atoms with Gasteiger partial charge < -0.3 is 5.32 Å². The lowest BCUT2D eigenvalue weighted by atomic mass is 10.1. The molecule has 1 amide bonds. The highest BCUT2D eigenvalue weighted by atomic mass is 19.1. The van der Waals surface area contributed by atoms with Crippen LogP contribution in [-0.4, -0.2) is 32.0 Å². The van der Waals surface area contributed by atoms with Crippen molar-refractivity contribution in [2.45, 2.75) is 39.8 Å². The molecule has 0 radical (unpaired) electrons. The van der Waals surface area contributed by atoms with E-state index in [0.29, 0.717) is 31.5 Å². The maximum absolute atomic E-state index is 13.5. The first-order chi connectivity index (χ1) is 12.1. The van der Waals surface area contributed by atoms with E-state index in [9.17, 15) is 9.18 Å². The van der Waals surface area contributed by atoms with E-state index in [1.165, 1.54) is 6.07 Å². The Morgan fingerprint density at radius 2 is 2.08 bits per heavy atom. The molecule has 2 aromatic heterocycles. The van der Waals surface area contributed by atoms with Gasteiger partial charge in [0.05, 0.1) is 18.4 Å². The molecule has 0 aliphatic carbocycles. The van der Waals surface area contributed by atoms with Crippen LogP contribution in [0.2, 0.25) is 0 Å². The predicted molar refractivity (Wildman–Crippen MR) is 93.7 cm³/mol. The number of carbonyl (C=O) groups excluding carboxylic acids is 1. The van der Waals surface area contributed by atoms with Gasteiger partial charge in [0.2, 0.25) is 5.91 Å². The third-order valence-electron chi connectivity index (χ3n) is 4.24. The van der Waals surface area contributed by atoms with E-state index in [1.807, 2.05) is 23.2 Å². The largest absolute Gasteiger partial charge is 0.356 e. The molecule has 0 bridgehead atoms. The molecule has 25 heavy (non-hydrogen) atoms. The molecular weight excluding hydrogens is 321 g/mol.